The molecule has 0 fully saturated rings. The van der Waals surface area contributed by atoms with E-state index < -0.39 is 5.41 Å². The van der Waals surface area contributed by atoms with E-state index >= 15 is 0 Å². The number of fused-ring (bicyclic) bond motifs is 7. The molecule has 0 amide bonds. The highest BCUT2D eigenvalue weighted by Crippen LogP contribution is 2.58. The quantitative estimate of drug-likeness (QED) is 0.0749. The Hall–Kier alpha value is -8.20. The second-order valence-electron chi connectivity index (χ2n) is 24.0. The van der Waals surface area contributed by atoms with Crippen molar-refractivity contribution in [3.8, 4) is 39.1 Å². The summed E-state index contributed by atoms with van der Waals surface area (Å²) >= 11 is 0. The molecule has 2 heteroatoms. The van der Waals surface area contributed by atoms with Crippen LogP contribution in [0.2, 0.25) is 0 Å². The van der Waals surface area contributed by atoms with Crippen LogP contribution in [0.5, 0.6) is 5.75 Å². The highest BCUT2D eigenvalue weighted by atomic mass is 16.5. The first-order valence-electron chi connectivity index (χ1n) is 30.2. The number of anilines is 3. The summed E-state index contributed by atoms with van der Waals surface area (Å²) in [5.74, 6) is 1.91. The molecular weight excluding hydrogens is 979 g/mol. The van der Waals surface area contributed by atoms with E-state index in [0.29, 0.717) is 18.4 Å². The Bertz CT molecular complexity index is 3850. The van der Waals surface area contributed by atoms with Gasteiger partial charge in [-0.1, -0.05) is 236 Å². The standard InChI is InChI=1S/C79H75NO/c1-6-8-9-11-18-55-27-37-64(38-28-55)79(65-39-45-69(46-40-65)81-53-56-25-29-58(30-26-56)54(3)49-57(7-2)62-33-31-61-32-34-63(61)50-62)75-24-17-15-22-71(75)73-48-44-68(52-77(73)79)80(66-41-35-60(36-42-66)59-19-12-10-13-20-59)67-43-47-72-70-21-14-16-23-74(70)78(4,5)76(72)51-67/h10,12-17,19-31,33,35-48,50-52,54,57H,6-9,11,18,32,34,49,53H2,1-5H3. The van der Waals surface area contributed by atoms with Crippen molar-refractivity contribution in [3.63, 3.8) is 0 Å². The normalized spacial score (nSPS) is 15.8. The molecule has 13 rings (SSSR count). The van der Waals surface area contributed by atoms with Crippen molar-refractivity contribution < 1.29 is 4.74 Å². The lowest BCUT2D eigenvalue weighted by molar-refractivity contribution is 0.306. The molecule has 0 spiro atoms. The summed E-state index contributed by atoms with van der Waals surface area (Å²) < 4.78 is 6.67. The van der Waals surface area contributed by atoms with Gasteiger partial charge in [0.1, 0.15) is 12.4 Å². The summed E-state index contributed by atoms with van der Waals surface area (Å²) in [5.41, 5.74) is 26.6. The molecule has 3 atom stereocenters. The first kappa shape index (κ1) is 52.2. The lowest BCUT2D eigenvalue weighted by atomic mass is 9.67. The SMILES string of the molecule is CCCCCCc1ccc(C2(c3ccc(OCc4ccc(C(C)CC(CC)c5ccc6c(c5)CC6)cc4)cc3)c3ccccc3-c3ccc(N(c4ccc(-c5ccccc5)cc4)c4ccc5c(c4)C(C)(C)c4ccccc4-5)cc32)cc1. The third-order valence-electron chi connectivity index (χ3n) is 18.8. The first-order valence-corrected chi connectivity index (χ1v) is 30.2. The molecular formula is C79H75NO. The van der Waals surface area contributed by atoms with E-state index in [1.54, 1.807) is 11.1 Å². The molecule has 2 nitrogen and oxygen atoms in total. The summed E-state index contributed by atoms with van der Waals surface area (Å²) in [5, 5.41) is 0. The number of nitrogens with zero attached hydrogens (tertiary/aromatic N) is 1. The van der Waals surface area contributed by atoms with E-state index in [0.717, 1.165) is 42.1 Å². The number of hydrogen-bond acceptors (Lipinski definition) is 2. The third kappa shape index (κ3) is 9.61. The number of hydrogen-bond donors (Lipinski definition) is 0. The molecule has 3 aliphatic rings. The summed E-state index contributed by atoms with van der Waals surface area (Å²) in [6.07, 6.45) is 10.9. The second-order valence-corrected chi connectivity index (χ2v) is 24.0. The molecule has 81 heavy (non-hydrogen) atoms. The van der Waals surface area contributed by atoms with E-state index in [4.69, 9.17) is 4.74 Å². The van der Waals surface area contributed by atoms with Gasteiger partial charge in [0.15, 0.2) is 0 Å². The molecule has 0 radical (unpaired) electrons. The van der Waals surface area contributed by atoms with Gasteiger partial charge in [0.05, 0.1) is 5.41 Å². The van der Waals surface area contributed by atoms with Crippen molar-refractivity contribution in [1.82, 2.24) is 0 Å². The van der Waals surface area contributed by atoms with Gasteiger partial charge >= 0.3 is 0 Å². The van der Waals surface area contributed by atoms with Crippen LogP contribution in [0.3, 0.4) is 0 Å². The zero-order chi connectivity index (χ0) is 55.1. The zero-order valence-electron chi connectivity index (χ0n) is 48.0. The van der Waals surface area contributed by atoms with Crippen molar-refractivity contribution in [2.75, 3.05) is 4.90 Å². The van der Waals surface area contributed by atoms with Crippen LogP contribution in [0.15, 0.2) is 231 Å². The van der Waals surface area contributed by atoms with Gasteiger partial charge < -0.3 is 9.64 Å². The van der Waals surface area contributed by atoms with Crippen LogP contribution in [0, 0.1) is 0 Å². The zero-order valence-corrected chi connectivity index (χ0v) is 48.0. The van der Waals surface area contributed by atoms with E-state index in [2.05, 4.69) is 270 Å². The Balaban J connectivity index is 0.867. The molecule has 0 saturated carbocycles. The van der Waals surface area contributed by atoms with Crippen LogP contribution in [0.25, 0.3) is 33.4 Å². The van der Waals surface area contributed by atoms with Gasteiger partial charge in [-0.25, -0.2) is 0 Å². The van der Waals surface area contributed by atoms with Gasteiger partial charge in [-0.2, -0.15) is 0 Å². The first-order chi connectivity index (χ1) is 39.7. The molecule has 0 heterocycles. The molecule has 3 aliphatic carbocycles. The maximum atomic E-state index is 6.67. The number of unbranched alkanes of at least 4 members (excludes halogenated alkanes) is 3. The largest absolute Gasteiger partial charge is 0.489 e. The maximum Gasteiger partial charge on any atom is 0.119 e. The fraction of sp³-hybridized carbons (Fsp3) is 0.241. The Morgan fingerprint density at radius 3 is 1.69 bits per heavy atom. The van der Waals surface area contributed by atoms with Crippen LogP contribution in [0.1, 0.15) is 152 Å². The Labute approximate surface area is 482 Å². The Kier molecular flexibility index (Phi) is 14.2. The van der Waals surface area contributed by atoms with Crippen LogP contribution < -0.4 is 9.64 Å². The molecule has 0 N–H and O–H groups in total. The minimum atomic E-state index is -0.615. The van der Waals surface area contributed by atoms with Crippen molar-refractivity contribution >= 4 is 17.1 Å². The van der Waals surface area contributed by atoms with Gasteiger partial charge in [-0.15, -0.1) is 0 Å². The average molecular weight is 1050 g/mol. The molecule has 10 aromatic carbocycles. The van der Waals surface area contributed by atoms with Crippen LogP contribution in [-0.2, 0) is 36.7 Å². The van der Waals surface area contributed by atoms with Crippen molar-refractivity contribution in [3.05, 3.63) is 297 Å². The van der Waals surface area contributed by atoms with Crippen molar-refractivity contribution in [2.45, 2.75) is 122 Å². The van der Waals surface area contributed by atoms with Gasteiger partial charge in [0, 0.05) is 22.5 Å². The fourth-order valence-electron chi connectivity index (χ4n) is 14.1. The number of rotatable bonds is 19. The fourth-order valence-corrected chi connectivity index (χ4v) is 14.1. The predicted molar refractivity (Wildman–Crippen MR) is 340 cm³/mol. The van der Waals surface area contributed by atoms with Crippen LogP contribution >= 0.6 is 0 Å². The van der Waals surface area contributed by atoms with Gasteiger partial charge in [0.2, 0.25) is 0 Å². The number of ether oxygens (including phenoxy) is 1. The van der Waals surface area contributed by atoms with Crippen molar-refractivity contribution in [1.29, 1.82) is 0 Å². The molecule has 0 aliphatic heterocycles. The van der Waals surface area contributed by atoms with Gasteiger partial charge in [-0.05, 0) is 199 Å². The molecule has 402 valence electrons. The predicted octanol–water partition coefficient (Wildman–Crippen LogP) is 21.0. The third-order valence-corrected chi connectivity index (χ3v) is 18.8. The van der Waals surface area contributed by atoms with E-state index in [1.807, 2.05) is 0 Å². The molecule has 3 unspecified atom stereocenters. The Morgan fingerprint density at radius 2 is 1.02 bits per heavy atom. The lowest BCUT2D eigenvalue weighted by Gasteiger charge is -2.35. The number of aryl methyl sites for hydroxylation is 3. The molecule has 0 saturated heterocycles. The van der Waals surface area contributed by atoms with Crippen molar-refractivity contribution in [2.24, 2.45) is 0 Å². The molecule has 0 bridgehead atoms. The summed E-state index contributed by atoms with van der Waals surface area (Å²) in [6, 6.07) is 87.5. The minimum Gasteiger partial charge on any atom is -0.489 e. The Morgan fingerprint density at radius 1 is 0.457 bits per heavy atom. The van der Waals surface area contributed by atoms with Crippen LogP contribution in [0.4, 0.5) is 17.1 Å². The highest BCUT2D eigenvalue weighted by molar-refractivity contribution is 5.91. The molecule has 0 aromatic heterocycles. The van der Waals surface area contributed by atoms with Gasteiger partial charge in [0.25, 0.3) is 0 Å². The summed E-state index contributed by atoms with van der Waals surface area (Å²) in [4.78, 5) is 2.49. The average Bonchev–Trinajstić information content (AvgIpc) is 3.70. The minimum absolute atomic E-state index is 0.150. The smallest absolute Gasteiger partial charge is 0.119 e. The lowest BCUT2D eigenvalue weighted by Crippen LogP contribution is -2.29. The van der Waals surface area contributed by atoms with E-state index in [9.17, 15) is 0 Å². The maximum absolute atomic E-state index is 6.67. The topological polar surface area (TPSA) is 12.5 Å². The van der Waals surface area contributed by atoms with E-state index in [1.165, 1.54) is 128 Å². The van der Waals surface area contributed by atoms with Gasteiger partial charge in [-0.3, -0.25) is 0 Å². The highest BCUT2D eigenvalue weighted by Gasteiger charge is 2.47. The van der Waals surface area contributed by atoms with E-state index in [-0.39, 0.29) is 5.41 Å². The monoisotopic (exact) mass is 1050 g/mol. The second kappa shape index (κ2) is 22.0. The van der Waals surface area contributed by atoms with Crippen LogP contribution in [-0.4, -0.2) is 0 Å². The molecule has 10 aromatic rings. The number of benzene rings is 10. The summed E-state index contributed by atoms with van der Waals surface area (Å²) in [6.45, 7) is 12.3. The summed E-state index contributed by atoms with van der Waals surface area (Å²) in [7, 11) is 0.